The second kappa shape index (κ2) is 5.14. The molecule has 2 heterocycles. The highest BCUT2D eigenvalue weighted by molar-refractivity contribution is 5.55. The number of hydrogen-bond donors (Lipinski definition) is 1. The summed E-state index contributed by atoms with van der Waals surface area (Å²) < 4.78 is 1.82. The van der Waals surface area contributed by atoms with E-state index in [0.717, 1.165) is 12.0 Å². The largest absolute Gasteiger partial charge is 0.362 e. The first-order valence-electron chi connectivity index (χ1n) is 5.36. The molecule has 0 radical (unpaired) electrons. The molecule has 2 rings (SSSR count). The van der Waals surface area contributed by atoms with Crippen LogP contribution in [0.3, 0.4) is 0 Å². The van der Waals surface area contributed by atoms with Gasteiger partial charge in [-0.2, -0.15) is 5.26 Å². The van der Waals surface area contributed by atoms with Crippen LogP contribution >= 0.6 is 0 Å². The van der Waals surface area contributed by atoms with Gasteiger partial charge in [0.05, 0.1) is 11.5 Å². The van der Waals surface area contributed by atoms with Crippen LogP contribution in [0.1, 0.15) is 11.4 Å². The maximum Gasteiger partial charge on any atom is 0.289 e. The van der Waals surface area contributed by atoms with E-state index < -0.39 is 4.92 Å². The van der Waals surface area contributed by atoms with E-state index in [9.17, 15) is 10.1 Å². The summed E-state index contributed by atoms with van der Waals surface area (Å²) in [7, 11) is 1.85. The molecule has 1 N–H and O–H groups in total. The number of imidazole rings is 1. The van der Waals surface area contributed by atoms with E-state index in [1.807, 2.05) is 17.7 Å². The van der Waals surface area contributed by atoms with Gasteiger partial charge in [0.15, 0.2) is 0 Å². The maximum absolute atomic E-state index is 10.6. The van der Waals surface area contributed by atoms with Gasteiger partial charge in [-0.3, -0.25) is 10.1 Å². The van der Waals surface area contributed by atoms with Gasteiger partial charge in [-0.25, -0.2) is 9.97 Å². The first kappa shape index (κ1) is 12.5. The van der Waals surface area contributed by atoms with E-state index in [0.29, 0.717) is 12.4 Å². The number of anilines is 1. The van der Waals surface area contributed by atoms with E-state index in [1.54, 1.807) is 12.4 Å². The van der Waals surface area contributed by atoms with Crippen molar-refractivity contribution in [3.63, 3.8) is 0 Å². The zero-order chi connectivity index (χ0) is 13.8. The summed E-state index contributed by atoms with van der Waals surface area (Å²) in [4.78, 5) is 18.0. The average Bonchev–Trinajstić information content (AvgIpc) is 2.81. The predicted octanol–water partition coefficient (Wildman–Crippen LogP) is 1.21. The molecular formula is C11H10N6O2. The van der Waals surface area contributed by atoms with Crippen LogP contribution < -0.4 is 5.32 Å². The SMILES string of the molecule is Cn1ccnc1CNc1ncc([N+](=O)[O-])cc1C#N. The van der Waals surface area contributed by atoms with Crippen LogP contribution in [0.4, 0.5) is 11.5 Å². The molecule has 0 aliphatic rings. The lowest BCUT2D eigenvalue weighted by molar-refractivity contribution is -0.385. The van der Waals surface area contributed by atoms with Crippen molar-refractivity contribution in [3.05, 3.63) is 46.2 Å². The molecule has 8 heteroatoms. The quantitative estimate of drug-likeness (QED) is 0.651. The molecule has 2 aromatic rings. The van der Waals surface area contributed by atoms with Crippen molar-refractivity contribution in [3.8, 4) is 6.07 Å². The zero-order valence-corrected chi connectivity index (χ0v) is 10.1. The molecule has 0 saturated carbocycles. The van der Waals surface area contributed by atoms with Crippen molar-refractivity contribution in [1.82, 2.24) is 14.5 Å². The lowest BCUT2D eigenvalue weighted by Crippen LogP contribution is -2.08. The summed E-state index contributed by atoms with van der Waals surface area (Å²) in [6.45, 7) is 0.378. The summed E-state index contributed by atoms with van der Waals surface area (Å²) in [6, 6.07) is 3.07. The number of nitrogens with zero attached hydrogens (tertiary/aromatic N) is 5. The summed E-state index contributed by atoms with van der Waals surface area (Å²) in [5.74, 6) is 1.07. The lowest BCUT2D eigenvalue weighted by atomic mass is 10.2. The van der Waals surface area contributed by atoms with Crippen molar-refractivity contribution in [2.45, 2.75) is 6.54 Å². The Bertz CT molecular complexity index is 657. The Morgan fingerprint density at radius 2 is 2.37 bits per heavy atom. The highest BCUT2D eigenvalue weighted by Crippen LogP contribution is 2.18. The smallest absolute Gasteiger partial charge is 0.289 e. The van der Waals surface area contributed by atoms with Crippen molar-refractivity contribution < 1.29 is 4.92 Å². The molecule has 0 saturated heterocycles. The number of hydrogen-bond acceptors (Lipinski definition) is 6. The minimum Gasteiger partial charge on any atom is -0.362 e. The first-order valence-corrected chi connectivity index (χ1v) is 5.36. The van der Waals surface area contributed by atoms with Gasteiger partial charge in [0.25, 0.3) is 5.69 Å². The van der Waals surface area contributed by atoms with Crippen LogP contribution in [0.15, 0.2) is 24.7 Å². The second-order valence-corrected chi connectivity index (χ2v) is 3.77. The van der Waals surface area contributed by atoms with Crippen molar-refractivity contribution >= 4 is 11.5 Å². The highest BCUT2D eigenvalue weighted by atomic mass is 16.6. The topological polar surface area (TPSA) is 110 Å². The fourth-order valence-corrected chi connectivity index (χ4v) is 1.51. The van der Waals surface area contributed by atoms with Gasteiger partial charge >= 0.3 is 0 Å². The zero-order valence-electron chi connectivity index (χ0n) is 10.1. The Labute approximate surface area is 108 Å². The number of pyridine rings is 1. The first-order chi connectivity index (χ1) is 9.11. The van der Waals surface area contributed by atoms with Gasteiger partial charge in [-0.05, 0) is 0 Å². The van der Waals surface area contributed by atoms with Crippen molar-refractivity contribution in [2.75, 3.05) is 5.32 Å². The van der Waals surface area contributed by atoms with Crippen LogP contribution in [0.5, 0.6) is 0 Å². The Morgan fingerprint density at radius 1 is 1.58 bits per heavy atom. The van der Waals surface area contributed by atoms with Crippen molar-refractivity contribution in [1.29, 1.82) is 5.26 Å². The summed E-state index contributed by atoms with van der Waals surface area (Å²) >= 11 is 0. The molecule has 19 heavy (non-hydrogen) atoms. The second-order valence-electron chi connectivity index (χ2n) is 3.77. The number of aromatic nitrogens is 3. The van der Waals surface area contributed by atoms with E-state index in [2.05, 4.69) is 15.3 Å². The summed E-state index contributed by atoms with van der Waals surface area (Å²) in [6.07, 6.45) is 4.57. The molecular weight excluding hydrogens is 248 g/mol. The molecule has 0 unspecified atom stereocenters. The predicted molar refractivity (Wildman–Crippen MR) is 66.1 cm³/mol. The van der Waals surface area contributed by atoms with Gasteiger partial charge in [-0.15, -0.1) is 0 Å². The molecule has 0 aliphatic carbocycles. The Balaban J connectivity index is 2.19. The number of nitrogens with one attached hydrogen (secondary N) is 1. The Hall–Kier alpha value is -2.95. The summed E-state index contributed by atoms with van der Waals surface area (Å²) in [5.41, 5.74) is -0.0810. The number of nitriles is 1. The Morgan fingerprint density at radius 3 is 2.95 bits per heavy atom. The van der Waals surface area contributed by atoms with E-state index >= 15 is 0 Å². The Kier molecular flexibility index (Phi) is 3.38. The fraction of sp³-hybridized carbons (Fsp3) is 0.182. The van der Waals surface area contributed by atoms with E-state index in [1.165, 1.54) is 6.07 Å². The molecule has 8 nitrogen and oxygen atoms in total. The average molecular weight is 258 g/mol. The monoisotopic (exact) mass is 258 g/mol. The third-order valence-electron chi connectivity index (χ3n) is 2.54. The summed E-state index contributed by atoms with van der Waals surface area (Å²) in [5, 5.41) is 22.5. The van der Waals surface area contributed by atoms with E-state index in [-0.39, 0.29) is 11.3 Å². The number of aryl methyl sites for hydroxylation is 1. The molecule has 0 amide bonds. The third-order valence-corrected chi connectivity index (χ3v) is 2.54. The van der Waals surface area contributed by atoms with Gasteiger partial charge in [-0.1, -0.05) is 0 Å². The van der Waals surface area contributed by atoms with Crippen LogP contribution in [0, 0.1) is 21.4 Å². The molecule has 0 aliphatic heterocycles. The maximum atomic E-state index is 10.6. The minimum absolute atomic E-state index is 0.128. The molecule has 2 aromatic heterocycles. The fourth-order valence-electron chi connectivity index (χ4n) is 1.51. The van der Waals surface area contributed by atoms with Gasteiger partial charge in [0.2, 0.25) is 0 Å². The van der Waals surface area contributed by atoms with E-state index in [4.69, 9.17) is 5.26 Å². The van der Waals surface area contributed by atoms with Gasteiger partial charge in [0.1, 0.15) is 29.5 Å². The molecule has 96 valence electrons. The highest BCUT2D eigenvalue weighted by Gasteiger charge is 2.12. The normalized spacial score (nSPS) is 9.89. The van der Waals surface area contributed by atoms with Gasteiger partial charge < -0.3 is 9.88 Å². The van der Waals surface area contributed by atoms with Crippen molar-refractivity contribution in [2.24, 2.45) is 7.05 Å². The molecule has 0 bridgehead atoms. The number of rotatable bonds is 4. The van der Waals surface area contributed by atoms with Crippen LogP contribution in [0.2, 0.25) is 0 Å². The lowest BCUT2D eigenvalue weighted by Gasteiger charge is -2.06. The molecule has 0 aromatic carbocycles. The van der Waals surface area contributed by atoms with Gasteiger partial charge in [0, 0.05) is 25.5 Å². The number of nitro groups is 1. The molecule has 0 fully saturated rings. The molecule has 0 spiro atoms. The third kappa shape index (κ3) is 2.66. The van der Waals surface area contributed by atoms with Crippen LogP contribution in [0.25, 0.3) is 0 Å². The molecule has 0 atom stereocenters. The van der Waals surface area contributed by atoms with Crippen LogP contribution in [-0.4, -0.2) is 19.5 Å². The standard InChI is InChI=1S/C11H10N6O2/c1-16-3-2-13-10(16)7-15-11-8(5-12)4-9(6-14-11)17(18)19/h2-4,6H,7H2,1H3,(H,14,15). The van der Waals surface area contributed by atoms with Crippen LogP contribution in [-0.2, 0) is 13.6 Å². The minimum atomic E-state index is -0.587.